The average molecular weight is 715 g/mol. The molecule has 0 amide bonds. The van der Waals surface area contributed by atoms with Crippen molar-refractivity contribution in [2.75, 3.05) is 0 Å². The minimum absolute atomic E-state index is 0.826. The summed E-state index contributed by atoms with van der Waals surface area (Å²) in [5.74, 6) is 0. The maximum atomic E-state index is 4.93. The zero-order chi connectivity index (χ0) is 32.2. The molecule has 2 radical (unpaired) electrons. The van der Waals surface area contributed by atoms with E-state index in [1.54, 1.807) is 0 Å². The Morgan fingerprint density at radius 3 is 1.27 bits per heavy atom. The van der Waals surface area contributed by atoms with Crippen LogP contribution in [0.25, 0.3) is 43.8 Å². The van der Waals surface area contributed by atoms with Crippen molar-refractivity contribution >= 4 is 48.1 Å². The van der Waals surface area contributed by atoms with Gasteiger partial charge < -0.3 is 0 Å². The van der Waals surface area contributed by atoms with E-state index in [1.807, 2.05) is 0 Å². The SMILES string of the molecule is CCc1ccccc1-c1c(C)ccc2[cH-]c(C)cc12.CCc1ccccc1-c1c(C)ccc2[cH-]c(C)cc12.C[Si]C.[Cl][Zr+2][Cl]. The summed E-state index contributed by atoms with van der Waals surface area (Å²) in [6, 6.07) is 35.6. The molecule has 6 aromatic carbocycles. The van der Waals surface area contributed by atoms with Gasteiger partial charge in [-0.1, -0.05) is 112 Å². The topological polar surface area (TPSA) is 0 Å². The zero-order valence-corrected chi connectivity index (χ0v) is 32.4. The standard InChI is InChI=1S/2C19H19.C2H6Si.2ClH.Zr/c2*1-4-15-7-5-6-8-17(15)19-14(3)9-10-16-11-13(2)12-18(16)19;1-3-2;;;/h2*5-12H,4H2,1-3H3;1-2H3;2*1H;/q2*-1;;;;+4/p-2. The zero-order valence-electron chi connectivity index (χ0n) is 27.4. The fourth-order valence-electron chi connectivity index (χ4n) is 5.94. The van der Waals surface area contributed by atoms with Crippen molar-refractivity contribution in [3.63, 3.8) is 0 Å². The molecule has 0 unspecified atom stereocenters. The van der Waals surface area contributed by atoms with E-state index in [0.717, 1.165) is 22.4 Å². The molecule has 0 aliphatic carbocycles. The van der Waals surface area contributed by atoms with E-state index < -0.39 is 20.8 Å². The summed E-state index contributed by atoms with van der Waals surface area (Å²) in [7, 11) is 11.0. The first-order chi connectivity index (χ1) is 21.2. The first-order valence-corrected chi connectivity index (χ1v) is 23.6. The number of hydrogen-bond acceptors (Lipinski definition) is 0. The van der Waals surface area contributed by atoms with Gasteiger partial charge in [-0.3, -0.25) is 0 Å². The molecule has 0 saturated carbocycles. The second-order valence-corrected chi connectivity index (χ2v) is 15.9. The second kappa shape index (κ2) is 18.1. The Morgan fingerprint density at radius 1 is 0.591 bits per heavy atom. The van der Waals surface area contributed by atoms with E-state index in [4.69, 9.17) is 17.0 Å². The van der Waals surface area contributed by atoms with Crippen molar-refractivity contribution in [2.45, 2.75) is 67.5 Å². The minimum atomic E-state index is -0.826. The molecule has 226 valence electrons. The van der Waals surface area contributed by atoms with Gasteiger partial charge in [0, 0.05) is 9.52 Å². The van der Waals surface area contributed by atoms with E-state index in [0.29, 0.717) is 0 Å². The first-order valence-electron chi connectivity index (χ1n) is 15.3. The van der Waals surface area contributed by atoms with Crippen LogP contribution in [0.3, 0.4) is 0 Å². The van der Waals surface area contributed by atoms with Crippen molar-refractivity contribution in [2.24, 2.45) is 0 Å². The van der Waals surface area contributed by atoms with Gasteiger partial charge >= 0.3 is 37.9 Å². The van der Waals surface area contributed by atoms with E-state index in [-0.39, 0.29) is 0 Å². The Bertz CT molecular complexity index is 1640. The van der Waals surface area contributed by atoms with Gasteiger partial charge in [0.1, 0.15) is 0 Å². The molecule has 0 saturated heterocycles. The normalized spacial score (nSPS) is 10.2. The van der Waals surface area contributed by atoms with Gasteiger partial charge in [0.25, 0.3) is 0 Å². The summed E-state index contributed by atoms with van der Waals surface area (Å²) in [6.45, 7) is 17.5. The fraction of sp³-hybridized carbons (Fsp3) is 0.250. The van der Waals surface area contributed by atoms with E-state index in [9.17, 15) is 0 Å². The Morgan fingerprint density at radius 2 is 0.932 bits per heavy atom. The summed E-state index contributed by atoms with van der Waals surface area (Å²) in [5.41, 5.74) is 13.8. The molecular formula is C40H44Cl2SiZr. The molecule has 0 aliphatic rings. The molecule has 44 heavy (non-hydrogen) atoms. The number of hydrogen-bond donors (Lipinski definition) is 0. The van der Waals surface area contributed by atoms with E-state index in [2.05, 4.69) is 152 Å². The molecule has 0 bridgehead atoms. The van der Waals surface area contributed by atoms with Gasteiger partial charge in [0.2, 0.25) is 0 Å². The molecule has 6 aromatic rings. The number of rotatable bonds is 4. The van der Waals surface area contributed by atoms with Gasteiger partial charge in [0.05, 0.1) is 0 Å². The van der Waals surface area contributed by atoms with Crippen LogP contribution < -0.4 is 0 Å². The maximum absolute atomic E-state index is 4.93. The Hall–Kier alpha value is -2.22. The second-order valence-electron chi connectivity index (χ2n) is 11.2. The van der Waals surface area contributed by atoms with Gasteiger partial charge in [-0.2, -0.15) is 12.1 Å². The van der Waals surface area contributed by atoms with Crippen LogP contribution in [-0.2, 0) is 33.7 Å². The third-order valence-corrected chi connectivity index (χ3v) is 7.82. The molecule has 6 rings (SSSR count). The van der Waals surface area contributed by atoms with Crippen molar-refractivity contribution in [1.29, 1.82) is 0 Å². The van der Waals surface area contributed by atoms with Crippen molar-refractivity contribution in [1.82, 2.24) is 0 Å². The van der Waals surface area contributed by atoms with Crippen LogP contribution >= 0.6 is 17.0 Å². The summed E-state index contributed by atoms with van der Waals surface area (Å²) < 4.78 is 0. The molecule has 0 nitrogen and oxygen atoms in total. The summed E-state index contributed by atoms with van der Waals surface area (Å²) in [6.07, 6.45) is 2.15. The third kappa shape index (κ3) is 8.95. The monoisotopic (exact) mass is 712 g/mol. The Kier molecular flexibility index (Phi) is 14.9. The van der Waals surface area contributed by atoms with Crippen molar-refractivity contribution < 1.29 is 20.8 Å². The van der Waals surface area contributed by atoms with Crippen LogP contribution in [0.4, 0.5) is 0 Å². The van der Waals surface area contributed by atoms with Crippen LogP contribution in [0, 0.1) is 27.7 Å². The number of benzene rings is 4. The molecule has 0 atom stereocenters. The molecule has 0 N–H and O–H groups in total. The van der Waals surface area contributed by atoms with Gasteiger partial charge in [0.15, 0.2) is 0 Å². The van der Waals surface area contributed by atoms with Gasteiger partial charge in [-0.25, -0.2) is 0 Å². The Labute approximate surface area is 287 Å². The molecule has 0 aromatic heterocycles. The molecule has 4 heteroatoms. The molecule has 0 fully saturated rings. The molecule has 0 aliphatic heterocycles. The summed E-state index contributed by atoms with van der Waals surface area (Å²) >= 11 is -0.826. The number of halogens is 2. The van der Waals surface area contributed by atoms with Crippen molar-refractivity contribution in [3.8, 4) is 22.3 Å². The quantitative estimate of drug-likeness (QED) is 0.126. The predicted octanol–water partition coefficient (Wildman–Crippen LogP) is 13.0. The molecule has 0 spiro atoms. The fourth-order valence-corrected chi connectivity index (χ4v) is 5.94. The van der Waals surface area contributed by atoms with Crippen LogP contribution in [0.15, 0.2) is 97.1 Å². The third-order valence-electron chi connectivity index (χ3n) is 7.82. The number of fused-ring (bicyclic) bond motifs is 2. The average Bonchev–Trinajstić information content (AvgIpc) is 3.59. The van der Waals surface area contributed by atoms with Crippen LogP contribution in [0.1, 0.15) is 47.2 Å². The van der Waals surface area contributed by atoms with Crippen LogP contribution in [-0.4, -0.2) is 9.52 Å². The first kappa shape index (κ1) is 36.3. The molecule has 0 heterocycles. The van der Waals surface area contributed by atoms with Gasteiger partial charge in [-0.15, -0.1) is 69.1 Å². The van der Waals surface area contributed by atoms with E-state index >= 15 is 0 Å². The predicted molar refractivity (Wildman–Crippen MR) is 197 cm³/mol. The van der Waals surface area contributed by atoms with Gasteiger partial charge in [-0.05, 0) is 48.9 Å². The van der Waals surface area contributed by atoms with Crippen molar-refractivity contribution in [3.05, 3.63) is 130 Å². The summed E-state index contributed by atoms with van der Waals surface area (Å²) in [5, 5.41) is 5.48. The van der Waals surface area contributed by atoms with Crippen LogP contribution in [0.5, 0.6) is 0 Å². The Balaban J connectivity index is 0.000000204. The van der Waals surface area contributed by atoms with Crippen LogP contribution in [0.2, 0.25) is 13.1 Å². The van der Waals surface area contributed by atoms with E-state index in [1.165, 1.54) is 77.2 Å². The molecular weight excluding hydrogens is 671 g/mol. The number of aryl methyl sites for hydroxylation is 6. The summed E-state index contributed by atoms with van der Waals surface area (Å²) in [4.78, 5) is 0.